The molecule has 0 fully saturated rings. The van der Waals surface area contributed by atoms with Crippen LogP contribution in [0.3, 0.4) is 0 Å². The molecule has 8 heteroatoms. The maximum atomic E-state index is 11.6. The summed E-state index contributed by atoms with van der Waals surface area (Å²) in [6.45, 7) is 1.93. The van der Waals surface area contributed by atoms with Gasteiger partial charge in [0.25, 0.3) is 5.69 Å². The highest BCUT2D eigenvalue weighted by atomic mass is 16.6. The summed E-state index contributed by atoms with van der Waals surface area (Å²) in [6, 6.07) is 3.63. The van der Waals surface area contributed by atoms with Crippen molar-refractivity contribution in [2.75, 3.05) is 11.9 Å². The summed E-state index contributed by atoms with van der Waals surface area (Å²) in [5, 5.41) is 24.1. The Labute approximate surface area is 114 Å². The predicted molar refractivity (Wildman–Crippen MR) is 71.7 cm³/mol. The highest BCUT2D eigenvalue weighted by molar-refractivity contribution is 5.90. The lowest BCUT2D eigenvalue weighted by Crippen LogP contribution is -2.30. The summed E-state index contributed by atoms with van der Waals surface area (Å²) in [6.07, 6.45) is 0.285. The summed E-state index contributed by atoms with van der Waals surface area (Å²) >= 11 is 0. The van der Waals surface area contributed by atoms with E-state index in [9.17, 15) is 19.7 Å². The van der Waals surface area contributed by atoms with E-state index in [1.807, 2.05) is 0 Å². The molecule has 1 rings (SSSR count). The number of urea groups is 1. The number of nitro benzene ring substituents is 1. The van der Waals surface area contributed by atoms with E-state index in [0.29, 0.717) is 17.7 Å². The van der Waals surface area contributed by atoms with Crippen LogP contribution in [-0.4, -0.2) is 28.6 Å². The van der Waals surface area contributed by atoms with Crippen LogP contribution in [0.2, 0.25) is 0 Å². The second-order valence-electron chi connectivity index (χ2n) is 4.13. The van der Waals surface area contributed by atoms with Crippen LogP contribution in [0.25, 0.3) is 0 Å². The summed E-state index contributed by atoms with van der Waals surface area (Å²) in [5.74, 6) is -0.929. The molecule has 0 bridgehead atoms. The standard InChI is InChI=1S/C12H15N3O5/c1-8-4-5-9(15(19)20)7-10(8)14-12(18)13-6-2-3-11(16)17/h4-5,7H,2-3,6H2,1H3,(H,16,17)(H2,13,14,18). The number of nitrogens with zero attached hydrogens (tertiary/aromatic N) is 1. The number of anilines is 1. The number of amides is 2. The number of carbonyl (C=O) groups is 2. The number of rotatable bonds is 6. The average molecular weight is 281 g/mol. The highest BCUT2D eigenvalue weighted by Gasteiger charge is 2.10. The van der Waals surface area contributed by atoms with Crippen LogP contribution >= 0.6 is 0 Å². The number of aryl methyl sites for hydroxylation is 1. The normalized spacial score (nSPS) is 9.85. The van der Waals surface area contributed by atoms with Gasteiger partial charge >= 0.3 is 12.0 Å². The molecule has 2 amide bonds. The fourth-order valence-corrected chi connectivity index (χ4v) is 1.47. The smallest absolute Gasteiger partial charge is 0.319 e. The molecule has 0 radical (unpaired) electrons. The van der Waals surface area contributed by atoms with Gasteiger partial charge in [-0.2, -0.15) is 0 Å². The van der Waals surface area contributed by atoms with E-state index in [4.69, 9.17) is 5.11 Å². The first-order valence-corrected chi connectivity index (χ1v) is 5.92. The van der Waals surface area contributed by atoms with Crippen molar-refractivity contribution in [3.05, 3.63) is 33.9 Å². The van der Waals surface area contributed by atoms with Crippen molar-refractivity contribution in [2.24, 2.45) is 0 Å². The van der Waals surface area contributed by atoms with E-state index in [-0.39, 0.29) is 18.7 Å². The summed E-state index contributed by atoms with van der Waals surface area (Å²) < 4.78 is 0. The summed E-state index contributed by atoms with van der Waals surface area (Å²) in [7, 11) is 0. The van der Waals surface area contributed by atoms with Gasteiger partial charge in [0.15, 0.2) is 0 Å². The fourth-order valence-electron chi connectivity index (χ4n) is 1.47. The molecule has 20 heavy (non-hydrogen) atoms. The molecule has 0 atom stereocenters. The molecule has 0 unspecified atom stereocenters. The Morgan fingerprint density at radius 3 is 2.70 bits per heavy atom. The molecule has 0 aromatic heterocycles. The third kappa shape index (κ3) is 4.92. The molecule has 0 saturated heterocycles. The van der Waals surface area contributed by atoms with Crippen LogP contribution < -0.4 is 10.6 Å². The van der Waals surface area contributed by atoms with E-state index in [1.165, 1.54) is 18.2 Å². The molecule has 0 saturated carbocycles. The number of carboxylic acids is 1. The van der Waals surface area contributed by atoms with Gasteiger partial charge in [-0.25, -0.2) is 4.79 Å². The minimum atomic E-state index is -0.929. The number of carboxylic acid groups (broad SMARTS) is 1. The van der Waals surface area contributed by atoms with Crippen LogP contribution in [0.4, 0.5) is 16.2 Å². The Morgan fingerprint density at radius 1 is 1.40 bits per heavy atom. The lowest BCUT2D eigenvalue weighted by atomic mass is 10.2. The molecule has 0 spiro atoms. The quantitative estimate of drug-likeness (QED) is 0.417. The van der Waals surface area contributed by atoms with E-state index in [1.54, 1.807) is 6.92 Å². The Hall–Kier alpha value is -2.64. The molecule has 0 aliphatic carbocycles. The first kappa shape index (κ1) is 15.4. The van der Waals surface area contributed by atoms with E-state index in [2.05, 4.69) is 10.6 Å². The number of non-ortho nitro benzene ring substituents is 1. The lowest BCUT2D eigenvalue weighted by Gasteiger charge is -2.09. The Kier molecular flexibility index (Phi) is 5.45. The number of benzene rings is 1. The zero-order valence-corrected chi connectivity index (χ0v) is 10.9. The first-order valence-electron chi connectivity index (χ1n) is 5.92. The number of hydrogen-bond acceptors (Lipinski definition) is 4. The number of nitrogens with one attached hydrogen (secondary N) is 2. The van der Waals surface area contributed by atoms with E-state index in [0.717, 1.165) is 0 Å². The molecule has 0 heterocycles. The van der Waals surface area contributed by atoms with Crippen LogP contribution in [0, 0.1) is 17.0 Å². The van der Waals surface area contributed by atoms with Crippen molar-refractivity contribution < 1.29 is 19.6 Å². The van der Waals surface area contributed by atoms with Gasteiger partial charge in [-0.1, -0.05) is 6.07 Å². The minimum absolute atomic E-state index is 0.0316. The molecular weight excluding hydrogens is 266 g/mol. The van der Waals surface area contributed by atoms with Crippen molar-refractivity contribution in [3.8, 4) is 0 Å². The minimum Gasteiger partial charge on any atom is -0.481 e. The fraction of sp³-hybridized carbons (Fsp3) is 0.333. The molecule has 3 N–H and O–H groups in total. The largest absolute Gasteiger partial charge is 0.481 e. The van der Waals surface area contributed by atoms with Crippen molar-refractivity contribution in [2.45, 2.75) is 19.8 Å². The first-order chi connectivity index (χ1) is 9.40. The number of carbonyl (C=O) groups excluding carboxylic acids is 1. The van der Waals surface area contributed by atoms with Gasteiger partial charge in [-0.15, -0.1) is 0 Å². The third-order valence-corrected chi connectivity index (χ3v) is 2.53. The van der Waals surface area contributed by atoms with Crippen molar-refractivity contribution in [1.29, 1.82) is 0 Å². The van der Waals surface area contributed by atoms with Gasteiger partial charge in [-0.3, -0.25) is 14.9 Å². The molecular formula is C12H15N3O5. The van der Waals surface area contributed by atoms with Gasteiger partial charge in [0.2, 0.25) is 0 Å². The van der Waals surface area contributed by atoms with E-state index >= 15 is 0 Å². The second kappa shape index (κ2) is 7.07. The molecule has 1 aromatic rings. The Balaban J connectivity index is 2.55. The van der Waals surface area contributed by atoms with Gasteiger partial charge in [0, 0.05) is 25.1 Å². The molecule has 8 nitrogen and oxygen atoms in total. The van der Waals surface area contributed by atoms with Gasteiger partial charge in [-0.05, 0) is 18.9 Å². The van der Waals surface area contributed by atoms with Crippen molar-refractivity contribution in [1.82, 2.24) is 5.32 Å². The van der Waals surface area contributed by atoms with Crippen molar-refractivity contribution >= 4 is 23.4 Å². The van der Waals surface area contributed by atoms with Crippen LogP contribution in [0.5, 0.6) is 0 Å². The van der Waals surface area contributed by atoms with Crippen LogP contribution in [-0.2, 0) is 4.79 Å². The molecule has 108 valence electrons. The maximum absolute atomic E-state index is 11.6. The lowest BCUT2D eigenvalue weighted by molar-refractivity contribution is -0.384. The Bertz CT molecular complexity index is 530. The molecule has 0 aliphatic rings. The second-order valence-corrected chi connectivity index (χ2v) is 4.13. The number of aliphatic carboxylic acids is 1. The molecule has 1 aromatic carbocycles. The predicted octanol–water partition coefficient (Wildman–Crippen LogP) is 1.89. The number of nitro groups is 1. The summed E-state index contributed by atoms with van der Waals surface area (Å²) in [4.78, 5) is 31.9. The van der Waals surface area contributed by atoms with Crippen LogP contribution in [0.1, 0.15) is 18.4 Å². The van der Waals surface area contributed by atoms with Gasteiger partial charge in [0.05, 0.1) is 10.6 Å². The monoisotopic (exact) mass is 281 g/mol. The highest BCUT2D eigenvalue weighted by Crippen LogP contribution is 2.21. The molecule has 0 aliphatic heterocycles. The summed E-state index contributed by atoms with van der Waals surface area (Å²) in [5.41, 5.74) is 0.919. The topological polar surface area (TPSA) is 122 Å². The SMILES string of the molecule is Cc1ccc([N+](=O)[O-])cc1NC(=O)NCCCC(=O)O. The van der Waals surface area contributed by atoms with Gasteiger partial charge in [0.1, 0.15) is 0 Å². The maximum Gasteiger partial charge on any atom is 0.319 e. The zero-order chi connectivity index (χ0) is 15.1. The van der Waals surface area contributed by atoms with E-state index < -0.39 is 16.9 Å². The van der Waals surface area contributed by atoms with Gasteiger partial charge < -0.3 is 15.7 Å². The Morgan fingerprint density at radius 2 is 2.10 bits per heavy atom. The van der Waals surface area contributed by atoms with Crippen LogP contribution in [0.15, 0.2) is 18.2 Å². The van der Waals surface area contributed by atoms with Crippen molar-refractivity contribution in [3.63, 3.8) is 0 Å². The third-order valence-electron chi connectivity index (χ3n) is 2.53. The zero-order valence-electron chi connectivity index (χ0n) is 10.9. The average Bonchev–Trinajstić information content (AvgIpc) is 2.37. The number of hydrogen-bond donors (Lipinski definition) is 3.